The van der Waals surface area contributed by atoms with Gasteiger partial charge < -0.3 is 31.1 Å². The van der Waals surface area contributed by atoms with Gasteiger partial charge in [0.15, 0.2) is 0 Å². The van der Waals surface area contributed by atoms with E-state index in [0.29, 0.717) is 32.8 Å². The minimum absolute atomic E-state index is 0.000220. The molecular formula is C55H74N8O7. The van der Waals surface area contributed by atoms with E-state index in [2.05, 4.69) is 103 Å². The van der Waals surface area contributed by atoms with Crippen molar-refractivity contribution in [2.45, 2.75) is 39.6 Å². The number of benzene rings is 5. The zero-order valence-electron chi connectivity index (χ0n) is 40.9. The quantitative estimate of drug-likeness (QED) is 0.0841. The number of piperazine rings is 3. The molecule has 15 heteroatoms. The zero-order chi connectivity index (χ0) is 49.8. The first-order chi connectivity index (χ1) is 34.1. The van der Waals surface area contributed by atoms with Crippen LogP contribution in [0.15, 0.2) is 140 Å². The fourth-order valence-electron chi connectivity index (χ4n) is 8.22. The second-order valence-electron chi connectivity index (χ2n) is 17.6. The number of esters is 1. The number of aromatic hydroxyl groups is 2. The Bertz CT molecular complexity index is 2230. The number of carboxylic acids is 1. The molecule has 376 valence electrons. The van der Waals surface area contributed by atoms with Crippen molar-refractivity contribution in [1.29, 1.82) is 0 Å². The Labute approximate surface area is 414 Å². The largest absolute Gasteiger partial charge is 0.508 e. The summed E-state index contributed by atoms with van der Waals surface area (Å²) in [5, 5.41) is 30.4. The Kier molecular flexibility index (Phi) is 24.4. The highest BCUT2D eigenvalue weighted by Crippen LogP contribution is 2.16. The number of hydrogen-bond donors (Lipinski definition) is 5. The van der Waals surface area contributed by atoms with E-state index in [-0.39, 0.29) is 29.9 Å². The maximum absolute atomic E-state index is 12.1. The molecule has 3 aliphatic rings. The zero-order valence-corrected chi connectivity index (χ0v) is 40.9. The van der Waals surface area contributed by atoms with Crippen LogP contribution in [-0.2, 0) is 51.8 Å². The van der Waals surface area contributed by atoms with Gasteiger partial charge >= 0.3 is 11.9 Å². The highest BCUT2D eigenvalue weighted by molar-refractivity contribution is 5.78. The van der Waals surface area contributed by atoms with Gasteiger partial charge in [-0.1, -0.05) is 127 Å². The first-order valence-electron chi connectivity index (χ1n) is 24.4. The van der Waals surface area contributed by atoms with Crippen molar-refractivity contribution >= 4 is 17.8 Å². The van der Waals surface area contributed by atoms with Crippen molar-refractivity contribution in [2.24, 2.45) is 5.73 Å². The molecule has 3 fully saturated rings. The van der Waals surface area contributed by atoms with Gasteiger partial charge in [0.25, 0.3) is 0 Å². The fourth-order valence-corrected chi connectivity index (χ4v) is 8.22. The lowest BCUT2D eigenvalue weighted by atomic mass is 10.2. The summed E-state index contributed by atoms with van der Waals surface area (Å²) < 4.78 is 4.97. The molecule has 1 amide bonds. The van der Waals surface area contributed by atoms with Crippen LogP contribution in [0.3, 0.4) is 0 Å². The van der Waals surface area contributed by atoms with E-state index < -0.39 is 5.97 Å². The molecule has 8 rings (SSSR count). The van der Waals surface area contributed by atoms with Crippen LogP contribution in [0.25, 0.3) is 0 Å². The Morgan fingerprint density at radius 3 is 1.19 bits per heavy atom. The summed E-state index contributed by atoms with van der Waals surface area (Å²) in [5.41, 5.74) is 10.8. The molecule has 3 aliphatic heterocycles. The van der Waals surface area contributed by atoms with Crippen molar-refractivity contribution in [3.05, 3.63) is 167 Å². The number of nitrogens with zero attached hydrogens (tertiary/aromatic N) is 6. The lowest BCUT2D eigenvalue weighted by Gasteiger charge is -2.34. The van der Waals surface area contributed by atoms with Crippen molar-refractivity contribution in [2.75, 3.05) is 105 Å². The molecular weight excluding hydrogens is 885 g/mol. The van der Waals surface area contributed by atoms with E-state index in [0.717, 1.165) is 109 Å². The molecule has 0 atom stereocenters. The van der Waals surface area contributed by atoms with Gasteiger partial charge in [-0.25, -0.2) is 0 Å². The number of aliphatic carboxylic acids is 1. The number of nitrogens with two attached hydrogens (primary N) is 1. The highest BCUT2D eigenvalue weighted by atomic mass is 16.5. The monoisotopic (exact) mass is 959 g/mol. The van der Waals surface area contributed by atoms with E-state index >= 15 is 0 Å². The minimum Gasteiger partial charge on any atom is -0.508 e. The number of nitrogens with one attached hydrogen (secondary N) is 1. The summed E-state index contributed by atoms with van der Waals surface area (Å²) in [6.45, 7) is 18.2. The Balaban J connectivity index is 0.000000182. The van der Waals surface area contributed by atoms with Gasteiger partial charge in [0.1, 0.15) is 11.5 Å². The van der Waals surface area contributed by atoms with E-state index in [9.17, 15) is 19.5 Å². The van der Waals surface area contributed by atoms with Crippen molar-refractivity contribution in [1.82, 2.24) is 34.7 Å². The summed E-state index contributed by atoms with van der Waals surface area (Å²) in [7, 11) is 0. The molecule has 70 heavy (non-hydrogen) atoms. The maximum Gasteiger partial charge on any atom is 0.320 e. The van der Waals surface area contributed by atoms with Crippen LogP contribution in [0.1, 0.15) is 34.7 Å². The minimum atomic E-state index is -0.735. The molecule has 0 unspecified atom stereocenters. The SMILES string of the molecule is CCOC(=O)CN1CCN(Cc2ccccc2)CC1.NCc1ccccc1O.O=C(CN1CCN(Cc2ccccc2)CC1)NCc1ccccc1O.O=C(O)CN1CCN(Cc2ccccc2)CC1. The number of phenols is 2. The predicted octanol–water partition coefficient (Wildman–Crippen LogP) is 4.93. The van der Waals surface area contributed by atoms with Gasteiger partial charge in [-0.15, -0.1) is 0 Å². The molecule has 0 spiro atoms. The highest BCUT2D eigenvalue weighted by Gasteiger charge is 2.21. The lowest BCUT2D eigenvalue weighted by molar-refractivity contribution is -0.145. The van der Waals surface area contributed by atoms with Gasteiger partial charge in [-0.2, -0.15) is 0 Å². The van der Waals surface area contributed by atoms with Gasteiger partial charge in [-0.3, -0.25) is 43.8 Å². The number of carboxylic acid groups (broad SMARTS) is 1. The molecule has 3 heterocycles. The van der Waals surface area contributed by atoms with Crippen molar-refractivity contribution in [3.63, 3.8) is 0 Å². The van der Waals surface area contributed by atoms with Crippen LogP contribution < -0.4 is 11.1 Å². The summed E-state index contributed by atoms with van der Waals surface area (Å²) in [6.07, 6.45) is 0. The van der Waals surface area contributed by atoms with Crippen LogP contribution in [0.5, 0.6) is 11.5 Å². The average Bonchev–Trinajstić information content (AvgIpc) is 3.37. The summed E-state index contributed by atoms with van der Waals surface area (Å²) >= 11 is 0. The summed E-state index contributed by atoms with van der Waals surface area (Å²) in [5.74, 6) is -0.349. The number of amides is 1. The number of rotatable bonds is 16. The van der Waals surface area contributed by atoms with Crippen LogP contribution in [0.2, 0.25) is 0 Å². The molecule has 5 aromatic carbocycles. The Hall–Kier alpha value is -6.17. The molecule has 15 nitrogen and oxygen atoms in total. The van der Waals surface area contributed by atoms with Crippen LogP contribution in [0, 0.1) is 0 Å². The first-order valence-corrected chi connectivity index (χ1v) is 24.4. The maximum atomic E-state index is 12.1. The van der Waals surface area contributed by atoms with Gasteiger partial charge in [0, 0.05) is 122 Å². The molecule has 6 N–H and O–H groups in total. The van der Waals surface area contributed by atoms with Gasteiger partial charge in [0.05, 0.1) is 26.2 Å². The first kappa shape index (κ1) is 54.8. The summed E-state index contributed by atoms with van der Waals surface area (Å²) in [6, 6.07) is 45.5. The normalized spacial score (nSPS) is 16.0. The molecule has 0 aliphatic carbocycles. The molecule has 0 bridgehead atoms. The third-order valence-electron chi connectivity index (χ3n) is 12.2. The molecule has 3 saturated heterocycles. The number of hydrogen-bond acceptors (Lipinski definition) is 13. The molecule has 0 saturated carbocycles. The van der Waals surface area contributed by atoms with Gasteiger partial charge in [-0.05, 0) is 35.7 Å². The summed E-state index contributed by atoms with van der Waals surface area (Å²) in [4.78, 5) is 47.7. The van der Waals surface area contributed by atoms with E-state index in [4.69, 9.17) is 20.7 Å². The smallest absolute Gasteiger partial charge is 0.320 e. The third-order valence-corrected chi connectivity index (χ3v) is 12.2. The number of phenolic OH excluding ortho intramolecular Hbond substituents is 2. The Morgan fingerprint density at radius 1 is 0.486 bits per heavy atom. The molecule has 0 aromatic heterocycles. The van der Waals surface area contributed by atoms with E-state index in [1.54, 1.807) is 30.3 Å². The number of para-hydroxylation sites is 2. The van der Waals surface area contributed by atoms with Crippen LogP contribution in [0.4, 0.5) is 0 Å². The topological polar surface area (TPSA) is 179 Å². The van der Waals surface area contributed by atoms with E-state index in [1.807, 2.05) is 48.2 Å². The third kappa shape index (κ3) is 21.2. The van der Waals surface area contributed by atoms with Crippen molar-refractivity contribution < 1.29 is 34.4 Å². The van der Waals surface area contributed by atoms with Crippen LogP contribution >= 0.6 is 0 Å². The second-order valence-corrected chi connectivity index (χ2v) is 17.6. The predicted molar refractivity (Wildman–Crippen MR) is 275 cm³/mol. The van der Waals surface area contributed by atoms with Crippen LogP contribution in [-0.4, -0.2) is 167 Å². The molecule has 5 aromatic rings. The fraction of sp³-hybridized carbons (Fsp3) is 0.400. The second kappa shape index (κ2) is 31.1. The number of carbonyl (C=O) groups is 3. The number of ether oxygens (including phenoxy) is 1. The molecule has 0 radical (unpaired) electrons. The lowest BCUT2D eigenvalue weighted by Crippen LogP contribution is -2.49. The van der Waals surface area contributed by atoms with Crippen molar-refractivity contribution in [3.8, 4) is 11.5 Å². The standard InChI is InChI=1S/C20H25N3O2.C15H22N2O2.C13H18N2O2.C7H9NO/c24-19-9-5-4-8-18(19)14-21-20(25)16-23-12-10-22(11-13-23)15-17-6-2-1-3-7-17;1-2-19-15(18)13-17-10-8-16(9-11-17)12-14-6-4-3-5-7-14;16-13(17)11-15-8-6-14(7-9-15)10-12-4-2-1-3-5-12;8-5-6-3-1-2-4-7(6)9/h1-9,24H,10-16H2,(H,21,25);3-7H,2,8-13H2,1H3;1-5H,6-11H2,(H,16,17);1-4,9H,5,8H2. The average molecular weight is 959 g/mol. The van der Waals surface area contributed by atoms with Gasteiger partial charge in [0.2, 0.25) is 5.91 Å². The number of carbonyl (C=O) groups excluding carboxylic acids is 2. The van der Waals surface area contributed by atoms with E-state index in [1.165, 1.54) is 16.7 Å². The Morgan fingerprint density at radius 2 is 0.829 bits per heavy atom.